The third-order valence-electron chi connectivity index (χ3n) is 1.32. The molecule has 0 heterocycles. The number of hydrogen-bond donors (Lipinski definition) is 1. The van der Waals surface area contributed by atoms with Crippen LogP contribution in [0.15, 0.2) is 11.6 Å². The van der Waals surface area contributed by atoms with Crippen molar-refractivity contribution in [2.24, 2.45) is 5.73 Å². The van der Waals surface area contributed by atoms with Crippen LogP contribution >= 0.6 is 0 Å². The van der Waals surface area contributed by atoms with E-state index in [1.165, 1.54) is 5.57 Å². The lowest BCUT2D eigenvalue weighted by Crippen LogP contribution is -1.95. The van der Waals surface area contributed by atoms with Gasteiger partial charge in [-0.2, -0.15) is 0 Å². The first kappa shape index (κ1) is 9.26. The molecule has 0 spiro atoms. The molecular formula is C9H15N. The van der Waals surface area contributed by atoms with Crippen molar-refractivity contribution in [3.05, 3.63) is 11.6 Å². The molecule has 1 nitrogen and oxygen atoms in total. The van der Waals surface area contributed by atoms with Gasteiger partial charge in [0.05, 0.1) is 0 Å². The van der Waals surface area contributed by atoms with E-state index < -0.39 is 0 Å². The predicted molar refractivity (Wildman–Crippen MR) is 45.5 cm³/mol. The van der Waals surface area contributed by atoms with Crippen LogP contribution in [-0.4, -0.2) is 6.54 Å². The van der Waals surface area contributed by atoms with Crippen molar-refractivity contribution in [3.63, 3.8) is 0 Å². The van der Waals surface area contributed by atoms with E-state index in [9.17, 15) is 0 Å². The highest BCUT2D eigenvalue weighted by molar-refractivity contribution is 5.01. The zero-order valence-corrected chi connectivity index (χ0v) is 6.56. The minimum atomic E-state index is 0.730. The van der Waals surface area contributed by atoms with Crippen molar-refractivity contribution in [1.29, 1.82) is 0 Å². The van der Waals surface area contributed by atoms with Crippen LogP contribution in [0.1, 0.15) is 26.2 Å². The van der Waals surface area contributed by atoms with Crippen molar-refractivity contribution in [3.8, 4) is 12.3 Å². The van der Waals surface area contributed by atoms with Crippen LogP contribution in [0.2, 0.25) is 0 Å². The molecule has 10 heavy (non-hydrogen) atoms. The number of allylic oxidation sites excluding steroid dienone is 1. The molecule has 1 heteroatoms. The van der Waals surface area contributed by atoms with Crippen LogP contribution in [0.4, 0.5) is 0 Å². The molecule has 0 aromatic carbocycles. The SMILES string of the molecule is C#CCCC(C)=CCCN. The molecule has 0 saturated carbocycles. The van der Waals surface area contributed by atoms with E-state index in [-0.39, 0.29) is 0 Å². The summed E-state index contributed by atoms with van der Waals surface area (Å²) in [6, 6.07) is 0. The van der Waals surface area contributed by atoms with Gasteiger partial charge in [-0.15, -0.1) is 12.3 Å². The summed E-state index contributed by atoms with van der Waals surface area (Å²) < 4.78 is 0. The Morgan fingerprint density at radius 1 is 1.70 bits per heavy atom. The minimum absolute atomic E-state index is 0.730. The lowest BCUT2D eigenvalue weighted by molar-refractivity contribution is 0.946. The molecule has 0 aliphatic rings. The minimum Gasteiger partial charge on any atom is -0.330 e. The first-order chi connectivity index (χ1) is 4.81. The monoisotopic (exact) mass is 137 g/mol. The third kappa shape index (κ3) is 5.40. The summed E-state index contributed by atoms with van der Waals surface area (Å²) in [6.07, 6.45) is 10.1. The van der Waals surface area contributed by atoms with Crippen LogP contribution in [0.25, 0.3) is 0 Å². The zero-order chi connectivity index (χ0) is 7.82. The van der Waals surface area contributed by atoms with Gasteiger partial charge in [-0.05, 0) is 26.3 Å². The maximum atomic E-state index is 5.32. The Morgan fingerprint density at radius 2 is 2.40 bits per heavy atom. The number of rotatable bonds is 4. The standard InChI is InChI=1S/C9H15N/c1-3-4-6-9(2)7-5-8-10/h1,7H,4-6,8,10H2,2H3. The van der Waals surface area contributed by atoms with Gasteiger partial charge in [-0.25, -0.2) is 0 Å². The second-order valence-corrected chi connectivity index (χ2v) is 2.33. The molecule has 2 N–H and O–H groups in total. The van der Waals surface area contributed by atoms with Crippen LogP contribution in [0, 0.1) is 12.3 Å². The summed E-state index contributed by atoms with van der Waals surface area (Å²) in [4.78, 5) is 0. The highest BCUT2D eigenvalue weighted by Crippen LogP contribution is 2.02. The van der Waals surface area contributed by atoms with Gasteiger partial charge in [0.15, 0.2) is 0 Å². The molecule has 0 fully saturated rings. The molecule has 0 rings (SSSR count). The fourth-order valence-corrected chi connectivity index (χ4v) is 0.701. The molecular weight excluding hydrogens is 122 g/mol. The molecule has 0 aliphatic heterocycles. The Morgan fingerprint density at radius 3 is 2.90 bits per heavy atom. The van der Waals surface area contributed by atoms with Gasteiger partial charge >= 0.3 is 0 Å². The van der Waals surface area contributed by atoms with Crippen molar-refractivity contribution in [2.75, 3.05) is 6.54 Å². The third-order valence-corrected chi connectivity index (χ3v) is 1.32. The lowest BCUT2D eigenvalue weighted by atomic mass is 10.1. The summed E-state index contributed by atoms with van der Waals surface area (Å²) in [5.74, 6) is 2.60. The van der Waals surface area contributed by atoms with Gasteiger partial charge in [0, 0.05) is 6.42 Å². The molecule has 56 valence electrons. The van der Waals surface area contributed by atoms with Crippen molar-refractivity contribution in [1.82, 2.24) is 0 Å². The van der Waals surface area contributed by atoms with E-state index in [2.05, 4.69) is 18.9 Å². The largest absolute Gasteiger partial charge is 0.330 e. The molecule has 0 bridgehead atoms. The van der Waals surface area contributed by atoms with Gasteiger partial charge < -0.3 is 5.73 Å². The number of nitrogens with two attached hydrogens (primary N) is 1. The summed E-state index contributed by atoms with van der Waals surface area (Å²) >= 11 is 0. The predicted octanol–water partition coefficient (Wildman–Crippen LogP) is 1.69. The summed E-state index contributed by atoms with van der Waals surface area (Å²) in [7, 11) is 0. The average molecular weight is 137 g/mol. The maximum Gasteiger partial charge on any atom is 0.0123 e. The molecule has 0 aromatic rings. The van der Waals surface area contributed by atoms with Crippen LogP contribution in [0.5, 0.6) is 0 Å². The maximum absolute atomic E-state index is 5.32. The van der Waals surface area contributed by atoms with Gasteiger partial charge in [-0.1, -0.05) is 11.6 Å². The Hall–Kier alpha value is -0.740. The molecule has 0 amide bonds. The molecule has 0 saturated heterocycles. The highest BCUT2D eigenvalue weighted by Gasteiger charge is 1.85. The quantitative estimate of drug-likeness (QED) is 0.463. The smallest absolute Gasteiger partial charge is 0.0123 e. The Labute approximate surface area is 63.3 Å². The summed E-state index contributed by atoms with van der Waals surface area (Å²) in [5, 5.41) is 0. The lowest BCUT2D eigenvalue weighted by Gasteiger charge is -1.94. The number of terminal acetylenes is 1. The first-order valence-corrected chi connectivity index (χ1v) is 3.60. The fourth-order valence-electron chi connectivity index (χ4n) is 0.701. The number of hydrogen-bond acceptors (Lipinski definition) is 1. The molecule has 0 unspecified atom stereocenters. The van der Waals surface area contributed by atoms with Gasteiger partial charge in [0.25, 0.3) is 0 Å². The van der Waals surface area contributed by atoms with E-state index in [1.807, 2.05) is 0 Å². The van der Waals surface area contributed by atoms with Crippen molar-refractivity contribution < 1.29 is 0 Å². The molecule has 0 radical (unpaired) electrons. The van der Waals surface area contributed by atoms with Gasteiger partial charge in [0.1, 0.15) is 0 Å². The second-order valence-electron chi connectivity index (χ2n) is 2.33. The Bertz CT molecular complexity index is 139. The van der Waals surface area contributed by atoms with E-state index in [0.29, 0.717) is 0 Å². The average Bonchev–Trinajstić information content (AvgIpc) is 1.97. The fraction of sp³-hybridized carbons (Fsp3) is 0.556. The van der Waals surface area contributed by atoms with E-state index in [4.69, 9.17) is 12.2 Å². The van der Waals surface area contributed by atoms with Crippen LogP contribution < -0.4 is 5.73 Å². The molecule has 0 atom stereocenters. The van der Waals surface area contributed by atoms with E-state index >= 15 is 0 Å². The van der Waals surface area contributed by atoms with E-state index in [0.717, 1.165) is 25.8 Å². The van der Waals surface area contributed by atoms with Crippen LogP contribution in [-0.2, 0) is 0 Å². The topological polar surface area (TPSA) is 26.0 Å². The molecule has 0 aliphatic carbocycles. The van der Waals surface area contributed by atoms with Crippen molar-refractivity contribution >= 4 is 0 Å². The van der Waals surface area contributed by atoms with E-state index in [1.54, 1.807) is 0 Å². The first-order valence-electron chi connectivity index (χ1n) is 3.60. The van der Waals surface area contributed by atoms with Gasteiger partial charge in [0.2, 0.25) is 0 Å². The zero-order valence-electron chi connectivity index (χ0n) is 6.56. The molecule has 0 aromatic heterocycles. The Kier molecular flexibility index (Phi) is 5.91. The summed E-state index contributed by atoms with van der Waals surface area (Å²) in [6.45, 7) is 2.82. The van der Waals surface area contributed by atoms with Crippen LogP contribution in [0.3, 0.4) is 0 Å². The summed E-state index contributed by atoms with van der Waals surface area (Å²) in [5.41, 5.74) is 6.67. The van der Waals surface area contributed by atoms with Crippen molar-refractivity contribution in [2.45, 2.75) is 26.2 Å². The van der Waals surface area contributed by atoms with Gasteiger partial charge in [-0.3, -0.25) is 0 Å². The Balaban J connectivity index is 3.41. The normalized spacial score (nSPS) is 11.1. The second kappa shape index (κ2) is 6.38. The highest BCUT2D eigenvalue weighted by atomic mass is 14.5.